The Labute approximate surface area is 110 Å². The molecule has 4 nitrogen and oxygen atoms in total. The first-order valence-corrected chi connectivity index (χ1v) is 5.02. The highest BCUT2D eigenvalue weighted by Crippen LogP contribution is 2.25. The Morgan fingerprint density at radius 2 is 1.67 bits per heavy atom. The number of carboxylic acids is 1. The molecule has 0 spiro atoms. The molecule has 0 unspecified atom stereocenters. The average molecular weight is 266 g/mol. The first kappa shape index (κ1) is 13.9. The van der Waals surface area contributed by atoms with E-state index in [1.807, 2.05) is 0 Å². The van der Waals surface area contributed by atoms with Gasteiger partial charge in [0.2, 0.25) is 0 Å². The monoisotopic (exact) mass is 265 g/mol. The molecule has 0 saturated heterocycles. The summed E-state index contributed by atoms with van der Waals surface area (Å²) in [4.78, 5) is 11.0. The van der Waals surface area contributed by atoms with Crippen LogP contribution in [0.1, 0.15) is 10.4 Å². The third-order valence-corrected chi connectivity index (χ3v) is 2.23. The number of carbonyl (C=O) groups is 1. The predicted octanol–water partition coefficient (Wildman–Crippen LogP) is 3.18. The molecule has 0 aliphatic rings. The second-order valence-electron chi connectivity index (χ2n) is 3.47. The van der Waals surface area contributed by atoms with E-state index in [0.717, 1.165) is 0 Å². The number of rotatable bonds is 3. The highest BCUT2D eigenvalue weighted by molar-refractivity contribution is 5.90. The number of hydrogen-bond donors (Lipinski definition) is 2. The van der Waals surface area contributed by atoms with Crippen LogP contribution < -0.4 is 10.5 Å². The number of benzene rings is 2. The van der Waals surface area contributed by atoms with Crippen LogP contribution in [-0.2, 0) is 0 Å². The number of anilines is 1. The fourth-order valence-corrected chi connectivity index (χ4v) is 1.40. The molecule has 2 aromatic rings. The SMILES string of the molecule is Cl.Nc1ccc(Oc2ccccc2C(=O)O)cc1. The molecular weight excluding hydrogens is 254 g/mol. The average Bonchev–Trinajstić information content (AvgIpc) is 2.32. The van der Waals surface area contributed by atoms with Crippen LogP contribution >= 0.6 is 12.4 Å². The van der Waals surface area contributed by atoms with E-state index in [1.54, 1.807) is 42.5 Å². The standard InChI is InChI=1S/C13H11NO3.ClH/c14-9-5-7-10(8-6-9)17-12-4-2-1-3-11(12)13(15)16;/h1-8H,14H2,(H,15,16);1H. The van der Waals surface area contributed by atoms with Crippen LogP contribution in [0.2, 0.25) is 0 Å². The Balaban J connectivity index is 0.00000162. The molecule has 0 aromatic heterocycles. The number of para-hydroxylation sites is 1. The Bertz CT molecular complexity index is 540. The normalized spacial score (nSPS) is 9.33. The van der Waals surface area contributed by atoms with Crippen molar-refractivity contribution in [2.24, 2.45) is 0 Å². The van der Waals surface area contributed by atoms with Crippen molar-refractivity contribution in [3.63, 3.8) is 0 Å². The first-order valence-electron chi connectivity index (χ1n) is 5.02. The lowest BCUT2D eigenvalue weighted by Gasteiger charge is -2.08. The summed E-state index contributed by atoms with van der Waals surface area (Å²) in [6.07, 6.45) is 0. The van der Waals surface area contributed by atoms with Gasteiger partial charge in [0, 0.05) is 5.69 Å². The van der Waals surface area contributed by atoms with Gasteiger partial charge in [-0.1, -0.05) is 12.1 Å². The van der Waals surface area contributed by atoms with E-state index in [-0.39, 0.29) is 18.0 Å². The van der Waals surface area contributed by atoms with E-state index in [4.69, 9.17) is 15.6 Å². The Hall–Kier alpha value is -2.20. The zero-order valence-corrected chi connectivity index (χ0v) is 10.2. The maximum atomic E-state index is 11.0. The molecule has 2 aromatic carbocycles. The third kappa shape index (κ3) is 3.15. The summed E-state index contributed by atoms with van der Waals surface area (Å²) in [7, 11) is 0. The van der Waals surface area contributed by atoms with Crippen LogP contribution in [0.25, 0.3) is 0 Å². The number of nitrogens with two attached hydrogens (primary N) is 1. The van der Waals surface area contributed by atoms with E-state index >= 15 is 0 Å². The van der Waals surface area contributed by atoms with Crippen molar-refractivity contribution in [3.05, 3.63) is 54.1 Å². The van der Waals surface area contributed by atoms with Gasteiger partial charge in [0.15, 0.2) is 0 Å². The second-order valence-corrected chi connectivity index (χ2v) is 3.47. The summed E-state index contributed by atoms with van der Waals surface area (Å²) >= 11 is 0. The molecule has 3 N–H and O–H groups in total. The first-order chi connectivity index (χ1) is 8.16. The van der Waals surface area contributed by atoms with Gasteiger partial charge in [0.1, 0.15) is 17.1 Å². The number of halogens is 1. The van der Waals surface area contributed by atoms with E-state index in [9.17, 15) is 4.79 Å². The number of ether oxygens (including phenoxy) is 1. The molecule has 18 heavy (non-hydrogen) atoms. The number of nitrogen functional groups attached to an aromatic ring is 1. The van der Waals surface area contributed by atoms with Crippen LogP contribution in [0.15, 0.2) is 48.5 Å². The molecule has 0 heterocycles. The summed E-state index contributed by atoms with van der Waals surface area (Å²) in [5, 5.41) is 8.99. The van der Waals surface area contributed by atoms with Gasteiger partial charge in [0.05, 0.1) is 0 Å². The van der Waals surface area contributed by atoms with Crippen molar-refractivity contribution in [2.75, 3.05) is 5.73 Å². The van der Waals surface area contributed by atoms with E-state index in [2.05, 4.69) is 0 Å². The molecule has 0 fully saturated rings. The molecular formula is C13H12ClNO3. The van der Waals surface area contributed by atoms with Gasteiger partial charge in [0.25, 0.3) is 0 Å². The molecule has 0 saturated carbocycles. The minimum atomic E-state index is -1.02. The molecule has 0 radical (unpaired) electrons. The minimum absolute atomic E-state index is 0. The summed E-state index contributed by atoms with van der Waals surface area (Å²) < 4.78 is 5.49. The van der Waals surface area contributed by atoms with Crippen LogP contribution in [0.3, 0.4) is 0 Å². The van der Waals surface area contributed by atoms with Crippen molar-refractivity contribution in [3.8, 4) is 11.5 Å². The topological polar surface area (TPSA) is 72.5 Å². The lowest BCUT2D eigenvalue weighted by Crippen LogP contribution is -1.99. The predicted molar refractivity (Wildman–Crippen MR) is 71.6 cm³/mol. The number of hydrogen-bond acceptors (Lipinski definition) is 3. The highest BCUT2D eigenvalue weighted by Gasteiger charge is 2.10. The number of aromatic carboxylic acids is 1. The molecule has 0 amide bonds. The van der Waals surface area contributed by atoms with Gasteiger partial charge < -0.3 is 15.6 Å². The second kappa shape index (κ2) is 5.93. The van der Waals surface area contributed by atoms with Crippen LogP contribution in [0.4, 0.5) is 5.69 Å². The zero-order valence-electron chi connectivity index (χ0n) is 9.37. The van der Waals surface area contributed by atoms with E-state index in [1.165, 1.54) is 6.07 Å². The largest absolute Gasteiger partial charge is 0.478 e. The lowest BCUT2D eigenvalue weighted by atomic mass is 10.2. The van der Waals surface area contributed by atoms with E-state index in [0.29, 0.717) is 17.2 Å². The summed E-state index contributed by atoms with van der Waals surface area (Å²) in [6, 6.07) is 13.2. The van der Waals surface area contributed by atoms with Gasteiger partial charge in [-0.15, -0.1) is 12.4 Å². The summed E-state index contributed by atoms with van der Waals surface area (Å²) in [6.45, 7) is 0. The third-order valence-electron chi connectivity index (χ3n) is 2.23. The molecule has 5 heteroatoms. The highest BCUT2D eigenvalue weighted by atomic mass is 35.5. The van der Waals surface area contributed by atoms with Gasteiger partial charge in [-0.05, 0) is 36.4 Å². The van der Waals surface area contributed by atoms with E-state index < -0.39 is 5.97 Å². The van der Waals surface area contributed by atoms with Crippen molar-refractivity contribution >= 4 is 24.1 Å². The van der Waals surface area contributed by atoms with Crippen molar-refractivity contribution in [2.45, 2.75) is 0 Å². The molecule has 0 aliphatic carbocycles. The quantitative estimate of drug-likeness (QED) is 0.836. The molecule has 0 bridgehead atoms. The Morgan fingerprint density at radius 1 is 1.06 bits per heavy atom. The Kier molecular flexibility index (Phi) is 4.57. The van der Waals surface area contributed by atoms with Crippen LogP contribution in [0, 0.1) is 0 Å². The zero-order chi connectivity index (χ0) is 12.3. The van der Waals surface area contributed by atoms with Gasteiger partial charge in [-0.25, -0.2) is 4.79 Å². The van der Waals surface area contributed by atoms with Crippen LogP contribution in [-0.4, -0.2) is 11.1 Å². The maximum Gasteiger partial charge on any atom is 0.339 e. The summed E-state index contributed by atoms with van der Waals surface area (Å²) in [5.41, 5.74) is 6.31. The fourth-order valence-electron chi connectivity index (χ4n) is 1.40. The fraction of sp³-hybridized carbons (Fsp3) is 0. The van der Waals surface area contributed by atoms with Gasteiger partial charge in [-0.3, -0.25) is 0 Å². The molecule has 2 rings (SSSR count). The minimum Gasteiger partial charge on any atom is -0.478 e. The van der Waals surface area contributed by atoms with Gasteiger partial charge in [-0.2, -0.15) is 0 Å². The smallest absolute Gasteiger partial charge is 0.339 e. The summed E-state index contributed by atoms with van der Waals surface area (Å²) in [5.74, 6) is -0.159. The molecule has 0 aliphatic heterocycles. The Morgan fingerprint density at radius 3 is 2.28 bits per heavy atom. The number of carboxylic acid groups (broad SMARTS) is 1. The lowest BCUT2D eigenvalue weighted by molar-refractivity contribution is 0.0694. The van der Waals surface area contributed by atoms with Crippen LogP contribution in [0.5, 0.6) is 11.5 Å². The van der Waals surface area contributed by atoms with Crippen molar-refractivity contribution < 1.29 is 14.6 Å². The molecule has 94 valence electrons. The van der Waals surface area contributed by atoms with Gasteiger partial charge >= 0.3 is 5.97 Å². The van der Waals surface area contributed by atoms with Crippen molar-refractivity contribution in [1.29, 1.82) is 0 Å². The van der Waals surface area contributed by atoms with Crippen molar-refractivity contribution in [1.82, 2.24) is 0 Å². The maximum absolute atomic E-state index is 11.0. The molecule has 0 atom stereocenters.